The van der Waals surface area contributed by atoms with E-state index in [9.17, 15) is 9.90 Å². The molecule has 0 aliphatic rings. The molecule has 0 aliphatic heterocycles. The summed E-state index contributed by atoms with van der Waals surface area (Å²) < 4.78 is 5.71. The Morgan fingerprint density at radius 1 is 1.05 bits per heavy atom. The molecule has 21 heavy (non-hydrogen) atoms. The van der Waals surface area contributed by atoms with E-state index in [1.165, 1.54) is 0 Å². The zero-order valence-electron chi connectivity index (χ0n) is 12.2. The summed E-state index contributed by atoms with van der Waals surface area (Å²) in [4.78, 5) is 11.8. The van der Waals surface area contributed by atoms with Crippen molar-refractivity contribution in [3.05, 3.63) is 71.8 Å². The van der Waals surface area contributed by atoms with E-state index in [1.54, 1.807) is 0 Å². The van der Waals surface area contributed by atoms with E-state index in [4.69, 9.17) is 4.74 Å². The van der Waals surface area contributed by atoms with Crippen LogP contribution in [0.1, 0.15) is 24.5 Å². The first-order chi connectivity index (χ1) is 10.2. The van der Waals surface area contributed by atoms with Crippen LogP contribution >= 0.6 is 0 Å². The summed E-state index contributed by atoms with van der Waals surface area (Å²) >= 11 is 0. The topological polar surface area (TPSA) is 46.5 Å². The maximum atomic E-state index is 11.8. The second-order valence-corrected chi connectivity index (χ2v) is 5.09. The Hall–Kier alpha value is -2.13. The predicted molar refractivity (Wildman–Crippen MR) is 82.1 cm³/mol. The Balaban J connectivity index is 2.12. The van der Waals surface area contributed by atoms with Crippen molar-refractivity contribution in [2.75, 3.05) is 6.61 Å². The van der Waals surface area contributed by atoms with Gasteiger partial charge in [0.15, 0.2) is 0 Å². The Kier molecular flexibility index (Phi) is 5.12. The molecule has 0 aliphatic carbocycles. The number of hydrogen-bond acceptors (Lipinski definition) is 2. The molecule has 0 aromatic heterocycles. The van der Waals surface area contributed by atoms with Crippen molar-refractivity contribution < 1.29 is 14.6 Å². The minimum absolute atomic E-state index is 0.164. The Morgan fingerprint density at radius 3 is 2.14 bits per heavy atom. The maximum absolute atomic E-state index is 11.8. The highest BCUT2D eigenvalue weighted by atomic mass is 16.5. The zero-order chi connectivity index (χ0) is 15.1. The molecule has 1 N–H and O–H groups in total. The number of ether oxygens (including phenoxy) is 1. The molecule has 3 heteroatoms. The molecule has 2 rings (SSSR count). The van der Waals surface area contributed by atoms with Gasteiger partial charge in [-0.25, -0.2) is 0 Å². The molecule has 110 valence electrons. The van der Waals surface area contributed by atoms with Crippen LogP contribution in [0.5, 0.6) is 0 Å². The van der Waals surface area contributed by atoms with Gasteiger partial charge in [-0.1, -0.05) is 67.6 Å². The second-order valence-electron chi connectivity index (χ2n) is 5.09. The SMILES string of the molecule is CCC(COCc1ccccc1)(C(=O)O)c1ccccc1. The standard InChI is InChI=1S/C18H20O3/c1-2-18(17(19)20,16-11-7-4-8-12-16)14-21-13-15-9-5-3-6-10-15/h3-12H,2,13-14H2,1H3,(H,19,20). The number of benzene rings is 2. The zero-order valence-corrected chi connectivity index (χ0v) is 12.2. The minimum atomic E-state index is -0.990. The fourth-order valence-electron chi connectivity index (χ4n) is 2.40. The highest BCUT2D eigenvalue weighted by molar-refractivity contribution is 5.81. The van der Waals surface area contributed by atoms with Crippen molar-refractivity contribution in [1.82, 2.24) is 0 Å². The fraction of sp³-hybridized carbons (Fsp3) is 0.278. The minimum Gasteiger partial charge on any atom is -0.481 e. The summed E-state index contributed by atoms with van der Waals surface area (Å²) in [5.41, 5.74) is 0.838. The van der Waals surface area contributed by atoms with Crippen LogP contribution in [0.4, 0.5) is 0 Å². The van der Waals surface area contributed by atoms with Gasteiger partial charge in [0.05, 0.1) is 13.2 Å². The van der Waals surface area contributed by atoms with E-state index in [0.29, 0.717) is 13.0 Å². The average Bonchev–Trinajstić information content (AvgIpc) is 2.53. The summed E-state index contributed by atoms with van der Waals surface area (Å²) in [5.74, 6) is -0.843. The second kappa shape index (κ2) is 7.04. The maximum Gasteiger partial charge on any atom is 0.316 e. The molecular formula is C18H20O3. The normalized spacial score (nSPS) is 13.6. The number of carboxylic acid groups (broad SMARTS) is 1. The van der Waals surface area contributed by atoms with E-state index in [2.05, 4.69) is 0 Å². The van der Waals surface area contributed by atoms with E-state index in [1.807, 2.05) is 67.6 Å². The van der Waals surface area contributed by atoms with Crippen molar-refractivity contribution in [3.63, 3.8) is 0 Å². The molecule has 0 heterocycles. The quantitative estimate of drug-likeness (QED) is 0.844. The number of carbonyl (C=O) groups is 1. The number of aliphatic carboxylic acids is 1. The molecule has 0 fully saturated rings. The van der Waals surface area contributed by atoms with E-state index < -0.39 is 11.4 Å². The molecule has 0 amide bonds. The summed E-state index contributed by atoms with van der Waals surface area (Å²) in [6.07, 6.45) is 0.487. The third kappa shape index (κ3) is 3.50. The van der Waals surface area contributed by atoms with Crippen LogP contribution in [0.25, 0.3) is 0 Å². The fourth-order valence-corrected chi connectivity index (χ4v) is 2.40. The first-order valence-electron chi connectivity index (χ1n) is 7.09. The highest BCUT2D eigenvalue weighted by Crippen LogP contribution is 2.29. The monoisotopic (exact) mass is 284 g/mol. The van der Waals surface area contributed by atoms with E-state index >= 15 is 0 Å². The molecule has 1 unspecified atom stereocenters. The van der Waals surface area contributed by atoms with Crippen molar-refractivity contribution in [1.29, 1.82) is 0 Å². The van der Waals surface area contributed by atoms with E-state index in [-0.39, 0.29) is 6.61 Å². The van der Waals surface area contributed by atoms with Gasteiger partial charge in [0, 0.05) is 0 Å². The highest BCUT2D eigenvalue weighted by Gasteiger charge is 2.38. The molecular weight excluding hydrogens is 264 g/mol. The van der Waals surface area contributed by atoms with Gasteiger partial charge in [-0.3, -0.25) is 4.79 Å². The average molecular weight is 284 g/mol. The molecule has 0 bridgehead atoms. The van der Waals surface area contributed by atoms with Gasteiger partial charge in [0.2, 0.25) is 0 Å². The summed E-state index contributed by atoms with van der Waals surface area (Å²) in [6, 6.07) is 19.1. The molecule has 2 aromatic rings. The Bertz CT molecular complexity index is 566. The number of hydrogen-bond donors (Lipinski definition) is 1. The van der Waals surface area contributed by atoms with Crippen LogP contribution in [-0.2, 0) is 21.6 Å². The smallest absolute Gasteiger partial charge is 0.316 e. The predicted octanol–water partition coefficient (Wildman–Crippen LogP) is 3.64. The van der Waals surface area contributed by atoms with Gasteiger partial charge in [-0.05, 0) is 17.5 Å². The van der Waals surface area contributed by atoms with Crippen molar-refractivity contribution in [2.45, 2.75) is 25.4 Å². The van der Waals surface area contributed by atoms with Crippen LogP contribution in [0.15, 0.2) is 60.7 Å². The van der Waals surface area contributed by atoms with Crippen LogP contribution < -0.4 is 0 Å². The van der Waals surface area contributed by atoms with Gasteiger partial charge in [0.1, 0.15) is 5.41 Å². The first-order valence-corrected chi connectivity index (χ1v) is 7.09. The lowest BCUT2D eigenvalue weighted by Gasteiger charge is -2.28. The number of rotatable bonds is 7. The first kappa shape index (κ1) is 15.3. The summed E-state index contributed by atoms with van der Waals surface area (Å²) in [5, 5.41) is 9.69. The van der Waals surface area contributed by atoms with Crippen molar-refractivity contribution in [2.24, 2.45) is 0 Å². The van der Waals surface area contributed by atoms with Gasteiger partial charge >= 0.3 is 5.97 Å². The molecule has 0 spiro atoms. The number of carboxylic acids is 1. The molecule has 0 saturated heterocycles. The lowest BCUT2D eigenvalue weighted by atomic mass is 9.79. The Morgan fingerprint density at radius 2 is 1.62 bits per heavy atom. The largest absolute Gasteiger partial charge is 0.481 e. The van der Waals surface area contributed by atoms with Crippen molar-refractivity contribution in [3.8, 4) is 0 Å². The lowest BCUT2D eigenvalue weighted by Crippen LogP contribution is -2.40. The third-order valence-electron chi connectivity index (χ3n) is 3.80. The van der Waals surface area contributed by atoms with Crippen LogP contribution in [0, 0.1) is 0 Å². The Labute approximate surface area is 125 Å². The van der Waals surface area contributed by atoms with E-state index in [0.717, 1.165) is 11.1 Å². The van der Waals surface area contributed by atoms with Crippen LogP contribution in [-0.4, -0.2) is 17.7 Å². The summed E-state index contributed by atoms with van der Waals surface area (Å²) in [6.45, 7) is 2.47. The van der Waals surface area contributed by atoms with Crippen molar-refractivity contribution >= 4 is 5.97 Å². The van der Waals surface area contributed by atoms with Crippen LogP contribution in [0.3, 0.4) is 0 Å². The van der Waals surface area contributed by atoms with Gasteiger partial charge < -0.3 is 9.84 Å². The van der Waals surface area contributed by atoms with Gasteiger partial charge in [-0.2, -0.15) is 0 Å². The third-order valence-corrected chi connectivity index (χ3v) is 3.80. The molecule has 1 atom stereocenters. The van der Waals surface area contributed by atoms with Gasteiger partial charge in [-0.15, -0.1) is 0 Å². The summed E-state index contributed by atoms with van der Waals surface area (Å²) in [7, 11) is 0. The molecule has 0 radical (unpaired) electrons. The molecule has 3 nitrogen and oxygen atoms in total. The lowest BCUT2D eigenvalue weighted by molar-refractivity contribution is -0.147. The van der Waals surface area contributed by atoms with Crippen LogP contribution in [0.2, 0.25) is 0 Å². The van der Waals surface area contributed by atoms with Gasteiger partial charge in [0.25, 0.3) is 0 Å². The molecule has 2 aromatic carbocycles. The molecule has 0 saturated carbocycles.